The minimum atomic E-state index is -1.33. The number of aromatic carboxylic acids is 1. The Bertz CT molecular complexity index is 1030. The van der Waals surface area contributed by atoms with Gasteiger partial charge in [-0.05, 0) is 40.2 Å². The SMILES string of the molecule is CC(C)(C)n1cc(C(=O)O)c(=O)c2cc(F)c(N3C[C@@]4(C)C[C@@H]3CN4)nc21. The molecule has 0 unspecified atom stereocenters. The highest BCUT2D eigenvalue weighted by atomic mass is 19.1. The smallest absolute Gasteiger partial charge is 0.341 e. The number of hydrogen-bond donors (Lipinski definition) is 2. The Balaban J connectivity index is 1.98. The van der Waals surface area contributed by atoms with Crippen LogP contribution in [-0.4, -0.2) is 45.3 Å². The van der Waals surface area contributed by atoms with Gasteiger partial charge in [0.05, 0.1) is 5.39 Å². The maximum atomic E-state index is 14.9. The average molecular weight is 374 g/mol. The zero-order valence-electron chi connectivity index (χ0n) is 15.8. The minimum Gasteiger partial charge on any atom is -0.477 e. The number of carbonyl (C=O) groups is 1. The first kappa shape index (κ1) is 17.9. The molecule has 0 saturated carbocycles. The van der Waals surface area contributed by atoms with E-state index in [-0.39, 0.29) is 28.3 Å². The van der Waals surface area contributed by atoms with Gasteiger partial charge < -0.3 is 19.9 Å². The number of piperazine rings is 1. The van der Waals surface area contributed by atoms with Crippen LogP contribution in [0.4, 0.5) is 10.2 Å². The van der Waals surface area contributed by atoms with Crippen molar-refractivity contribution in [2.45, 2.75) is 51.2 Å². The molecule has 2 N–H and O–H groups in total. The first-order valence-electron chi connectivity index (χ1n) is 9.01. The first-order chi connectivity index (χ1) is 12.5. The Morgan fingerprint density at radius 1 is 1.44 bits per heavy atom. The van der Waals surface area contributed by atoms with Crippen molar-refractivity contribution >= 4 is 22.8 Å². The highest BCUT2D eigenvalue weighted by Gasteiger charge is 2.47. The van der Waals surface area contributed by atoms with E-state index in [4.69, 9.17) is 0 Å². The molecule has 0 radical (unpaired) electrons. The third-order valence-electron chi connectivity index (χ3n) is 5.55. The summed E-state index contributed by atoms with van der Waals surface area (Å²) in [6.45, 7) is 9.16. The molecule has 2 saturated heterocycles. The van der Waals surface area contributed by atoms with Gasteiger partial charge in [-0.3, -0.25) is 4.79 Å². The largest absolute Gasteiger partial charge is 0.477 e. The lowest BCUT2D eigenvalue weighted by atomic mass is 10.0. The lowest BCUT2D eigenvalue weighted by Gasteiger charge is -2.33. The van der Waals surface area contributed by atoms with Gasteiger partial charge in [0, 0.05) is 36.4 Å². The summed E-state index contributed by atoms with van der Waals surface area (Å²) in [6.07, 6.45) is 2.22. The summed E-state index contributed by atoms with van der Waals surface area (Å²) in [4.78, 5) is 30.6. The van der Waals surface area contributed by atoms with Crippen LogP contribution in [-0.2, 0) is 5.54 Å². The van der Waals surface area contributed by atoms with Crippen molar-refractivity contribution < 1.29 is 14.3 Å². The molecule has 0 spiro atoms. The van der Waals surface area contributed by atoms with Gasteiger partial charge in [0.1, 0.15) is 11.2 Å². The molecule has 4 rings (SSSR count). The minimum absolute atomic E-state index is 0.0141. The maximum Gasteiger partial charge on any atom is 0.341 e. The molecule has 2 aliphatic heterocycles. The summed E-state index contributed by atoms with van der Waals surface area (Å²) in [6, 6.07) is 1.29. The average Bonchev–Trinajstić information content (AvgIpc) is 3.09. The van der Waals surface area contributed by atoms with Gasteiger partial charge >= 0.3 is 5.97 Å². The second kappa shape index (κ2) is 5.51. The van der Waals surface area contributed by atoms with Crippen LogP contribution in [0, 0.1) is 5.82 Å². The number of rotatable bonds is 2. The standard InChI is InChI=1S/C19H23FN4O3/c1-18(2,3)24-8-12(17(26)27)14(25)11-5-13(20)16(22-15(11)24)23-9-19(4)6-10(23)7-21-19/h5,8,10,21H,6-7,9H2,1-4H3,(H,26,27)/t10-,19-/m1/s1. The summed E-state index contributed by atoms with van der Waals surface area (Å²) < 4.78 is 16.6. The molecule has 2 aliphatic rings. The lowest BCUT2D eigenvalue weighted by Crippen LogP contribution is -2.50. The van der Waals surface area contributed by atoms with Crippen molar-refractivity contribution in [2.75, 3.05) is 18.0 Å². The highest BCUT2D eigenvalue weighted by Crippen LogP contribution is 2.37. The van der Waals surface area contributed by atoms with E-state index in [2.05, 4.69) is 17.2 Å². The second-order valence-corrected chi connectivity index (χ2v) is 8.81. The molecule has 0 amide bonds. The molecule has 4 heterocycles. The molecule has 7 nitrogen and oxygen atoms in total. The van der Waals surface area contributed by atoms with E-state index in [9.17, 15) is 19.1 Å². The zero-order chi connectivity index (χ0) is 19.7. The van der Waals surface area contributed by atoms with E-state index in [1.807, 2.05) is 25.7 Å². The van der Waals surface area contributed by atoms with Gasteiger partial charge in [-0.25, -0.2) is 14.2 Å². The number of aromatic nitrogens is 2. The van der Waals surface area contributed by atoms with Crippen molar-refractivity contribution in [1.82, 2.24) is 14.9 Å². The molecule has 8 heteroatoms. The number of hydrogen-bond acceptors (Lipinski definition) is 5. The number of carboxylic acid groups (broad SMARTS) is 1. The van der Waals surface area contributed by atoms with Crippen molar-refractivity contribution in [3.05, 3.63) is 33.9 Å². The van der Waals surface area contributed by atoms with Crippen LogP contribution in [0.15, 0.2) is 17.1 Å². The predicted molar refractivity (Wildman–Crippen MR) is 100 cm³/mol. The van der Waals surface area contributed by atoms with Gasteiger partial charge in [-0.2, -0.15) is 0 Å². The molecule has 2 bridgehead atoms. The van der Waals surface area contributed by atoms with Gasteiger partial charge in [0.2, 0.25) is 5.43 Å². The van der Waals surface area contributed by atoms with E-state index in [0.29, 0.717) is 12.2 Å². The van der Waals surface area contributed by atoms with Crippen LogP contribution in [0.5, 0.6) is 0 Å². The zero-order valence-corrected chi connectivity index (χ0v) is 15.8. The molecular weight excluding hydrogens is 351 g/mol. The predicted octanol–water partition coefficient (Wildman–Crippen LogP) is 1.93. The topological polar surface area (TPSA) is 87.5 Å². The summed E-state index contributed by atoms with van der Waals surface area (Å²) in [5.41, 5.74) is -1.40. The number of fused-ring (bicyclic) bond motifs is 3. The fourth-order valence-electron chi connectivity index (χ4n) is 4.20. The van der Waals surface area contributed by atoms with Gasteiger partial charge in [-0.15, -0.1) is 0 Å². The Morgan fingerprint density at radius 2 is 2.15 bits per heavy atom. The normalized spacial score (nSPS) is 24.8. The lowest BCUT2D eigenvalue weighted by molar-refractivity contribution is 0.0694. The fraction of sp³-hybridized carbons (Fsp3) is 0.526. The third-order valence-corrected chi connectivity index (χ3v) is 5.55. The molecule has 0 aliphatic carbocycles. The molecular formula is C19H23FN4O3. The van der Waals surface area contributed by atoms with Crippen LogP contribution in [0.3, 0.4) is 0 Å². The van der Waals surface area contributed by atoms with E-state index in [0.717, 1.165) is 19.0 Å². The van der Waals surface area contributed by atoms with Gasteiger partial charge in [0.25, 0.3) is 0 Å². The van der Waals surface area contributed by atoms with Gasteiger partial charge in [0.15, 0.2) is 11.6 Å². The summed E-state index contributed by atoms with van der Waals surface area (Å²) >= 11 is 0. The highest BCUT2D eigenvalue weighted by molar-refractivity contribution is 5.92. The van der Waals surface area contributed by atoms with Crippen molar-refractivity contribution in [2.24, 2.45) is 0 Å². The molecule has 144 valence electrons. The molecule has 2 fully saturated rings. The van der Waals surface area contributed by atoms with Crippen molar-refractivity contribution in [1.29, 1.82) is 0 Å². The number of carboxylic acids is 1. The van der Waals surface area contributed by atoms with Crippen LogP contribution in [0.1, 0.15) is 44.5 Å². The summed E-state index contributed by atoms with van der Waals surface area (Å²) in [5, 5.41) is 12.8. The van der Waals surface area contributed by atoms with E-state index in [1.165, 1.54) is 6.20 Å². The fourth-order valence-corrected chi connectivity index (χ4v) is 4.20. The van der Waals surface area contributed by atoms with Crippen LogP contribution in [0.2, 0.25) is 0 Å². The Labute approximate surface area is 155 Å². The van der Waals surface area contributed by atoms with Gasteiger partial charge in [-0.1, -0.05) is 0 Å². The molecule has 2 aromatic heterocycles. The monoisotopic (exact) mass is 374 g/mol. The second-order valence-electron chi connectivity index (χ2n) is 8.81. The number of anilines is 1. The Morgan fingerprint density at radius 3 is 2.67 bits per heavy atom. The number of pyridine rings is 2. The molecule has 27 heavy (non-hydrogen) atoms. The summed E-state index contributed by atoms with van der Waals surface area (Å²) in [7, 11) is 0. The Kier molecular flexibility index (Phi) is 3.66. The Hall–Kier alpha value is -2.48. The molecule has 2 aromatic rings. The van der Waals surface area contributed by atoms with E-state index < -0.39 is 22.8 Å². The van der Waals surface area contributed by atoms with E-state index in [1.54, 1.807) is 4.57 Å². The quantitative estimate of drug-likeness (QED) is 0.835. The van der Waals surface area contributed by atoms with Crippen molar-refractivity contribution in [3.63, 3.8) is 0 Å². The molecule has 2 atom stereocenters. The number of nitrogens with one attached hydrogen (secondary N) is 1. The number of halogens is 1. The van der Waals surface area contributed by atoms with E-state index >= 15 is 0 Å². The molecule has 0 aromatic carbocycles. The number of nitrogens with zero attached hydrogens (tertiary/aromatic N) is 3. The maximum absolute atomic E-state index is 14.9. The third kappa shape index (κ3) is 2.70. The van der Waals surface area contributed by atoms with Crippen LogP contribution < -0.4 is 15.6 Å². The van der Waals surface area contributed by atoms with Crippen LogP contribution >= 0.6 is 0 Å². The first-order valence-corrected chi connectivity index (χ1v) is 9.01. The van der Waals surface area contributed by atoms with Crippen LogP contribution in [0.25, 0.3) is 11.0 Å². The van der Waals surface area contributed by atoms with Crippen molar-refractivity contribution in [3.8, 4) is 0 Å². The summed E-state index contributed by atoms with van der Waals surface area (Å²) in [5.74, 6) is -1.71.